The lowest BCUT2D eigenvalue weighted by molar-refractivity contribution is -0.126. The van der Waals surface area contributed by atoms with Crippen molar-refractivity contribution < 1.29 is 14.3 Å². The average molecular weight is 415 g/mol. The van der Waals surface area contributed by atoms with Crippen molar-refractivity contribution in [1.82, 2.24) is 16.0 Å². The second-order valence-corrected chi connectivity index (χ2v) is 8.82. The normalized spacial score (nSPS) is 25.8. The molecule has 7 nitrogen and oxygen atoms in total. The van der Waals surface area contributed by atoms with Gasteiger partial charge >= 0.3 is 0 Å². The standard InChI is InChI=1S/C23H34N4O3/c1-14-9-16-11-20(29-3)17(12-21(16)30-14)13-25-23(24-2)27-19-6-4-5-15(10-19)22(28)26-18-7-8-18/h11-12,14-15,18-19H,4-10,13H2,1-3H3,(H,26,28)(H2,24,25,27). The lowest BCUT2D eigenvalue weighted by atomic mass is 9.85. The zero-order valence-electron chi connectivity index (χ0n) is 18.3. The van der Waals surface area contributed by atoms with E-state index in [2.05, 4.69) is 40.0 Å². The van der Waals surface area contributed by atoms with Crippen molar-refractivity contribution >= 4 is 11.9 Å². The predicted octanol–water partition coefficient (Wildman–Crippen LogP) is 2.52. The summed E-state index contributed by atoms with van der Waals surface area (Å²) < 4.78 is 11.5. The quantitative estimate of drug-likeness (QED) is 0.492. The molecule has 0 saturated heterocycles. The van der Waals surface area contributed by atoms with Gasteiger partial charge in [-0.2, -0.15) is 0 Å². The Bertz CT molecular complexity index is 806. The van der Waals surface area contributed by atoms with E-state index in [0.29, 0.717) is 12.6 Å². The van der Waals surface area contributed by atoms with Gasteiger partial charge in [0.05, 0.1) is 7.11 Å². The van der Waals surface area contributed by atoms with Crippen LogP contribution in [0.1, 0.15) is 56.6 Å². The van der Waals surface area contributed by atoms with Crippen LogP contribution in [0, 0.1) is 5.92 Å². The Hall–Kier alpha value is -2.44. The Morgan fingerprint density at radius 2 is 2.03 bits per heavy atom. The molecule has 0 aromatic heterocycles. The first-order chi connectivity index (χ1) is 14.6. The lowest BCUT2D eigenvalue weighted by Crippen LogP contribution is -2.47. The van der Waals surface area contributed by atoms with E-state index in [1.54, 1.807) is 14.2 Å². The first kappa shape index (κ1) is 20.8. The molecular weight excluding hydrogens is 380 g/mol. The van der Waals surface area contributed by atoms with Gasteiger partial charge in [-0.1, -0.05) is 6.42 Å². The van der Waals surface area contributed by atoms with Gasteiger partial charge in [-0.15, -0.1) is 0 Å². The molecule has 3 atom stereocenters. The number of carbonyl (C=O) groups excluding carboxylic acids is 1. The van der Waals surface area contributed by atoms with E-state index in [4.69, 9.17) is 9.47 Å². The molecule has 1 aromatic rings. The zero-order valence-corrected chi connectivity index (χ0v) is 18.3. The number of fused-ring (bicyclic) bond motifs is 1. The smallest absolute Gasteiger partial charge is 0.223 e. The molecule has 1 amide bonds. The Balaban J connectivity index is 1.33. The SMILES string of the molecule is CN=C(NCc1cc2c(cc1OC)CC(C)O2)NC1CCCC(C(=O)NC2CC2)C1. The molecule has 2 saturated carbocycles. The van der Waals surface area contributed by atoms with Crippen molar-refractivity contribution in [3.63, 3.8) is 0 Å². The zero-order chi connectivity index (χ0) is 21.1. The van der Waals surface area contributed by atoms with Crippen LogP contribution in [-0.2, 0) is 17.8 Å². The molecule has 1 aliphatic heterocycles. The molecule has 2 fully saturated rings. The molecule has 164 valence electrons. The van der Waals surface area contributed by atoms with Gasteiger partial charge in [0.25, 0.3) is 0 Å². The maximum atomic E-state index is 12.4. The molecule has 0 radical (unpaired) electrons. The van der Waals surface area contributed by atoms with E-state index < -0.39 is 0 Å². The number of rotatable bonds is 6. The Morgan fingerprint density at radius 3 is 2.77 bits per heavy atom. The highest BCUT2D eigenvalue weighted by Gasteiger charge is 2.31. The molecule has 1 heterocycles. The molecule has 0 bridgehead atoms. The van der Waals surface area contributed by atoms with Crippen molar-refractivity contribution in [2.75, 3.05) is 14.2 Å². The summed E-state index contributed by atoms with van der Waals surface area (Å²) in [6.07, 6.45) is 7.34. The Labute approximate surface area is 179 Å². The van der Waals surface area contributed by atoms with Crippen LogP contribution in [0.25, 0.3) is 0 Å². The van der Waals surface area contributed by atoms with Crippen LogP contribution in [0.4, 0.5) is 0 Å². The van der Waals surface area contributed by atoms with Crippen molar-refractivity contribution in [3.05, 3.63) is 23.3 Å². The van der Waals surface area contributed by atoms with E-state index in [1.165, 1.54) is 5.56 Å². The van der Waals surface area contributed by atoms with Gasteiger partial charge < -0.3 is 25.4 Å². The lowest BCUT2D eigenvalue weighted by Gasteiger charge is -2.30. The van der Waals surface area contributed by atoms with Crippen LogP contribution < -0.4 is 25.4 Å². The van der Waals surface area contributed by atoms with Crippen LogP contribution in [0.2, 0.25) is 0 Å². The maximum Gasteiger partial charge on any atom is 0.223 e. The minimum absolute atomic E-state index is 0.103. The van der Waals surface area contributed by atoms with E-state index in [-0.39, 0.29) is 24.0 Å². The fourth-order valence-electron chi connectivity index (χ4n) is 4.48. The highest BCUT2D eigenvalue weighted by molar-refractivity contribution is 5.81. The largest absolute Gasteiger partial charge is 0.496 e. The minimum atomic E-state index is 0.103. The Morgan fingerprint density at radius 1 is 1.20 bits per heavy atom. The third-order valence-corrected chi connectivity index (χ3v) is 6.28. The number of hydrogen-bond acceptors (Lipinski definition) is 4. The summed E-state index contributed by atoms with van der Waals surface area (Å²) in [5.41, 5.74) is 2.24. The number of guanidine groups is 1. The summed E-state index contributed by atoms with van der Waals surface area (Å²) in [7, 11) is 3.48. The molecule has 0 spiro atoms. The summed E-state index contributed by atoms with van der Waals surface area (Å²) in [6.45, 7) is 2.67. The number of ether oxygens (including phenoxy) is 2. The van der Waals surface area contributed by atoms with Crippen LogP contribution in [0.5, 0.6) is 11.5 Å². The van der Waals surface area contributed by atoms with Gasteiger partial charge in [-0.3, -0.25) is 9.79 Å². The third-order valence-electron chi connectivity index (χ3n) is 6.28. The molecule has 3 unspecified atom stereocenters. The number of nitrogens with zero attached hydrogens (tertiary/aromatic N) is 1. The molecule has 30 heavy (non-hydrogen) atoms. The summed E-state index contributed by atoms with van der Waals surface area (Å²) >= 11 is 0. The van der Waals surface area contributed by atoms with Crippen molar-refractivity contribution in [2.24, 2.45) is 10.9 Å². The van der Waals surface area contributed by atoms with Gasteiger partial charge in [0.2, 0.25) is 5.91 Å². The van der Waals surface area contributed by atoms with Gasteiger partial charge in [0.15, 0.2) is 5.96 Å². The maximum absolute atomic E-state index is 12.4. The summed E-state index contributed by atoms with van der Waals surface area (Å²) in [5.74, 6) is 2.89. The monoisotopic (exact) mass is 414 g/mol. The van der Waals surface area contributed by atoms with Gasteiger partial charge in [-0.05, 0) is 51.2 Å². The number of aliphatic imine (C=N–C) groups is 1. The van der Waals surface area contributed by atoms with Crippen molar-refractivity contribution in [2.45, 2.75) is 76.6 Å². The van der Waals surface area contributed by atoms with Crippen molar-refractivity contribution in [3.8, 4) is 11.5 Å². The number of nitrogens with one attached hydrogen (secondary N) is 3. The van der Waals surface area contributed by atoms with E-state index in [9.17, 15) is 4.79 Å². The molecule has 2 aliphatic carbocycles. The summed E-state index contributed by atoms with van der Waals surface area (Å²) in [4.78, 5) is 16.8. The van der Waals surface area contributed by atoms with E-state index in [0.717, 1.165) is 68.0 Å². The molecule has 3 aliphatic rings. The van der Waals surface area contributed by atoms with Gasteiger partial charge in [0, 0.05) is 49.1 Å². The second kappa shape index (κ2) is 9.14. The number of amides is 1. The number of benzene rings is 1. The second-order valence-electron chi connectivity index (χ2n) is 8.82. The molecule has 3 N–H and O–H groups in total. The first-order valence-corrected chi connectivity index (χ1v) is 11.2. The van der Waals surface area contributed by atoms with Crippen LogP contribution >= 0.6 is 0 Å². The minimum Gasteiger partial charge on any atom is -0.496 e. The Kier molecular flexibility index (Phi) is 6.35. The number of hydrogen-bond donors (Lipinski definition) is 3. The number of methoxy groups -OCH3 is 1. The first-order valence-electron chi connectivity index (χ1n) is 11.2. The number of carbonyl (C=O) groups is 1. The van der Waals surface area contributed by atoms with Crippen LogP contribution in [-0.4, -0.2) is 44.2 Å². The average Bonchev–Trinajstić information content (AvgIpc) is 3.48. The fraction of sp³-hybridized carbons (Fsp3) is 0.652. The van der Waals surface area contributed by atoms with Crippen molar-refractivity contribution in [1.29, 1.82) is 0 Å². The molecule has 4 rings (SSSR count). The van der Waals surface area contributed by atoms with Crippen LogP contribution in [0.15, 0.2) is 17.1 Å². The summed E-state index contributed by atoms with van der Waals surface area (Å²) in [5, 5.41) is 10.1. The molecule has 1 aromatic carbocycles. The summed E-state index contributed by atoms with van der Waals surface area (Å²) in [6, 6.07) is 4.83. The van der Waals surface area contributed by atoms with Crippen LogP contribution in [0.3, 0.4) is 0 Å². The topological polar surface area (TPSA) is 84.0 Å². The molecule has 7 heteroatoms. The highest BCUT2D eigenvalue weighted by atomic mass is 16.5. The van der Waals surface area contributed by atoms with E-state index in [1.807, 2.05) is 0 Å². The predicted molar refractivity (Wildman–Crippen MR) is 117 cm³/mol. The third kappa shape index (κ3) is 4.99. The van der Waals surface area contributed by atoms with E-state index >= 15 is 0 Å². The fourth-order valence-corrected chi connectivity index (χ4v) is 4.48. The van der Waals surface area contributed by atoms with Gasteiger partial charge in [0.1, 0.15) is 17.6 Å². The highest BCUT2D eigenvalue weighted by Crippen LogP contribution is 2.35. The van der Waals surface area contributed by atoms with Gasteiger partial charge in [-0.25, -0.2) is 0 Å². The molecular formula is C23H34N4O3.